The Morgan fingerprint density at radius 3 is 2.00 bits per heavy atom. The molecule has 0 aromatic rings. The molecule has 0 aromatic carbocycles. The van der Waals surface area contributed by atoms with E-state index in [4.69, 9.17) is 9.29 Å². The van der Waals surface area contributed by atoms with Crippen molar-refractivity contribution < 1.29 is 26.1 Å². The van der Waals surface area contributed by atoms with Crippen LogP contribution in [-0.2, 0) is 24.9 Å². The van der Waals surface area contributed by atoms with Gasteiger partial charge in [0, 0.05) is 13.1 Å². The van der Waals surface area contributed by atoms with Crippen LogP contribution in [0.5, 0.6) is 0 Å². The first kappa shape index (κ1) is 15.8. The fourth-order valence-electron chi connectivity index (χ4n) is 1.69. The highest BCUT2D eigenvalue weighted by molar-refractivity contribution is 7.93. The molecule has 9 heteroatoms. The Morgan fingerprint density at radius 2 is 1.61 bits per heavy atom. The Hall–Kier alpha value is -0.220. The molecule has 108 valence electrons. The van der Waals surface area contributed by atoms with E-state index >= 15 is 0 Å². The van der Waals surface area contributed by atoms with Crippen LogP contribution in [0.2, 0.25) is 0 Å². The van der Waals surface area contributed by atoms with Gasteiger partial charge in [0.15, 0.2) is 0 Å². The Bertz CT molecular complexity index is 489. The van der Waals surface area contributed by atoms with Gasteiger partial charge in [-0.15, -0.1) is 0 Å². The summed E-state index contributed by atoms with van der Waals surface area (Å²) in [5, 5.41) is -1.40. The fourth-order valence-corrected chi connectivity index (χ4v) is 4.85. The van der Waals surface area contributed by atoms with Crippen molar-refractivity contribution in [3.63, 3.8) is 0 Å². The zero-order chi connectivity index (χ0) is 14.2. The number of sulfonamides is 1. The maximum atomic E-state index is 12.4. The van der Waals surface area contributed by atoms with E-state index in [0.29, 0.717) is 0 Å². The molecule has 0 aromatic heterocycles. The first-order valence-electron chi connectivity index (χ1n) is 5.55. The predicted molar refractivity (Wildman–Crippen MR) is 66.4 cm³/mol. The lowest BCUT2D eigenvalue weighted by atomic mass is 10.1. The van der Waals surface area contributed by atoms with E-state index in [9.17, 15) is 16.8 Å². The third kappa shape index (κ3) is 2.85. The minimum Gasteiger partial charge on any atom is -0.379 e. The quantitative estimate of drug-likeness (QED) is 0.716. The average molecular weight is 301 g/mol. The largest absolute Gasteiger partial charge is 0.379 e. The van der Waals surface area contributed by atoms with Crippen molar-refractivity contribution in [2.45, 2.75) is 30.8 Å². The lowest BCUT2D eigenvalue weighted by Crippen LogP contribution is -2.55. The van der Waals surface area contributed by atoms with Crippen molar-refractivity contribution >= 4 is 20.1 Å². The highest BCUT2D eigenvalue weighted by atomic mass is 32.2. The smallest absolute Gasteiger partial charge is 0.269 e. The molecule has 0 radical (unpaired) electrons. The summed E-state index contributed by atoms with van der Waals surface area (Å²) in [6.07, 6.45) is 0. The summed E-state index contributed by atoms with van der Waals surface area (Å²) in [7, 11) is -8.25. The zero-order valence-electron chi connectivity index (χ0n) is 10.7. The first-order valence-corrected chi connectivity index (χ1v) is 8.49. The minimum atomic E-state index is -4.42. The average Bonchev–Trinajstić information content (AvgIpc) is 2.27. The van der Waals surface area contributed by atoms with Crippen LogP contribution in [0, 0.1) is 0 Å². The molecule has 0 bridgehead atoms. The standard InChI is InChI=1S/C9H19NO6S2/c1-8(17(11,12)13)9(2,3)18(14,15)10-4-6-16-7-5-10/h8H,4-7H2,1-3H3,(H,11,12,13). The second-order valence-corrected chi connectivity index (χ2v) is 9.03. The van der Waals surface area contributed by atoms with Gasteiger partial charge in [0.1, 0.15) is 5.25 Å². The van der Waals surface area contributed by atoms with E-state index < -0.39 is 30.1 Å². The number of ether oxygens (including phenoxy) is 1. The zero-order valence-corrected chi connectivity index (χ0v) is 12.3. The molecular formula is C9H19NO6S2. The topological polar surface area (TPSA) is 101 Å². The molecule has 1 atom stereocenters. The Balaban J connectivity index is 3.09. The molecule has 0 aliphatic carbocycles. The Labute approximate surface area is 108 Å². The number of rotatable bonds is 4. The maximum Gasteiger partial charge on any atom is 0.269 e. The van der Waals surface area contributed by atoms with Gasteiger partial charge in [0.2, 0.25) is 10.0 Å². The van der Waals surface area contributed by atoms with Gasteiger partial charge in [-0.25, -0.2) is 8.42 Å². The summed E-state index contributed by atoms with van der Waals surface area (Å²) in [5.74, 6) is 0. The molecule has 1 saturated heterocycles. The summed E-state index contributed by atoms with van der Waals surface area (Å²) < 4.78 is 60.8. The molecule has 1 aliphatic rings. The monoisotopic (exact) mass is 301 g/mol. The van der Waals surface area contributed by atoms with E-state index in [1.54, 1.807) is 0 Å². The molecule has 1 N–H and O–H groups in total. The molecule has 7 nitrogen and oxygen atoms in total. The van der Waals surface area contributed by atoms with Crippen molar-refractivity contribution in [2.75, 3.05) is 26.3 Å². The van der Waals surface area contributed by atoms with Crippen molar-refractivity contribution in [1.82, 2.24) is 4.31 Å². The van der Waals surface area contributed by atoms with Crippen molar-refractivity contribution in [3.8, 4) is 0 Å². The second-order valence-electron chi connectivity index (χ2n) is 4.78. The van der Waals surface area contributed by atoms with Crippen molar-refractivity contribution in [2.24, 2.45) is 0 Å². The molecule has 1 heterocycles. The van der Waals surface area contributed by atoms with Gasteiger partial charge in [0.05, 0.1) is 18.0 Å². The van der Waals surface area contributed by atoms with Crippen molar-refractivity contribution in [1.29, 1.82) is 0 Å². The summed E-state index contributed by atoms with van der Waals surface area (Å²) in [5.41, 5.74) is 0. The normalized spacial score (nSPS) is 21.8. The van der Waals surface area contributed by atoms with Crippen LogP contribution in [-0.4, -0.2) is 62.0 Å². The molecule has 1 fully saturated rings. The van der Waals surface area contributed by atoms with Gasteiger partial charge >= 0.3 is 0 Å². The Morgan fingerprint density at radius 1 is 1.17 bits per heavy atom. The van der Waals surface area contributed by atoms with E-state index in [2.05, 4.69) is 0 Å². The molecule has 1 rings (SSSR count). The SMILES string of the molecule is CC(C(C)(C)S(=O)(=O)N1CCOCC1)S(=O)(=O)O. The molecule has 0 saturated carbocycles. The highest BCUT2D eigenvalue weighted by Gasteiger charge is 2.48. The van der Waals surface area contributed by atoms with Crippen LogP contribution in [0.1, 0.15) is 20.8 Å². The predicted octanol–water partition coefficient (Wildman–Crippen LogP) is -0.297. The van der Waals surface area contributed by atoms with Gasteiger partial charge in [-0.1, -0.05) is 0 Å². The molecule has 0 spiro atoms. The Kier molecular flexibility index (Phi) is 4.44. The lowest BCUT2D eigenvalue weighted by molar-refractivity contribution is 0.0720. The first-order chi connectivity index (χ1) is 8.01. The van der Waals surface area contributed by atoms with Gasteiger partial charge in [0.25, 0.3) is 10.1 Å². The van der Waals surface area contributed by atoms with Crippen LogP contribution in [0.25, 0.3) is 0 Å². The third-order valence-electron chi connectivity index (χ3n) is 3.40. The van der Waals surface area contributed by atoms with Crippen molar-refractivity contribution in [3.05, 3.63) is 0 Å². The summed E-state index contributed by atoms with van der Waals surface area (Å²) >= 11 is 0. The number of hydrogen-bond acceptors (Lipinski definition) is 5. The van der Waals surface area contributed by atoms with Gasteiger partial charge in [-0.05, 0) is 20.8 Å². The number of hydrogen-bond donors (Lipinski definition) is 1. The van der Waals surface area contributed by atoms with Crippen LogP contribution in [0.15, 0.2) is 0 Å². The van der Waals surface area contributed by atoms with Crippen LogP contribution in [0.3, 0.4) is 0 Å². The number of nitrogens with zero attached hydrogens (tertiary/aromatic N) is 1. The van der Waals surface area contributed by atoms with Gasteiger partial charge in [-0.2, -0.15) is 12.7 Å². The highest BCUT2D eigenvalue weighted by Crippen LogP contribution is 2.29. The number of morpholine rings is 1. The summed E-state index contributed by atoms with van der Waals surface area (Å²) in [4.78, 5) is 0. The van der Waals surface area contributed by atoms with E-state index in [-0.39, 0.29) is 26.3 Å². The minimum absolute atomic E-state index is 0.198. The van der Waals surface area contributed by atoms with E-state index in [1.165, 1.54) is 25.1 Å². The van der Waals surface area contributed by atoms with Crippen LogP contribution < -0.4 is 0 Å². The summed E-state index contributed by atoms with van der Waals surface area (Å²) in [6, 6.07) is 0. The van der Waals surface area contributed by atoms with Gasteiger partial charge in [-0.3, -0.25) is 4.55 Å². The lowest BCUT2D eigenvalue weighted by Gasteiger charge is -2.36. The third-order valence-corrected chi connectivity index (χ3v) is 7.76. The molecule has 18 heavy (non-hydrogen) atoms. The summed E-state index contributed by atoms with van der Waals surface area (Å²) in [6.45, 7) is 4.76. The van der Waals surface area contributed by atoms with Crippen LogP contribution >= 0.6 is 0 Å². The molecule has 0 amide bonds. The molecular weight excluding hydrogens is 282 g/mol. The second kappa shape index (κ2) is 5.04. The molecule has 1 aliphatic heterocycles. The van der Waals surface area contributed by atoms with Gasteiger partial charge < -0.3 is 4.74 Å². The maximum absolute atomic E-state index is 12.4. The fraction of sp³-hybridized carbons (Fsp3) is 1.00. The van der Waals surface area contributed by atoms with E-state index in [0.717, 1.165) is 0 Å². The molecule has 1 unspecified atom stereocenters. The van der Waals surface area contributed by atoms with E-state index in [1.807, 2.05) is 0 Å². The van der Waals surface area contributed by atoms with Crippen LogP contribution in [0.4, 0.5) is 0 Å².